The van der Waals surface area contributed by atoms with Gasteiger partial charge in [0.15, 0.2) is 0 Å². The zero-order valence-corrected chi connectivity index (χ0v) is 19.2. The summed E-state index contributed by atoms with van der Waals surface area (Å²) >= 11 is 0. The molecule has 1 saturated heterocycles. The summed E-state index contributed by atoms with van der Waals surface area (Å²) in [7, 11) is 1.89. The van der Waals surface area contributed by atoms with Gasteiger partial charge in [0.2, 0.25) is 0 Å². The van der Waals surface area contributed by atoms with Crippen molar-refractivity contribution >= 4 is 28.3 Å². The number of aryl methyl sites for hydroxylation is 1. The second kappa shape index (κ2) is 9.17. The van der Waals surface area contributed by atoms with E-state index >= 15 is 0 Å². The Bertz CT molecular complexity index is 1400. The van der Waals surface area contributed by atoms with Crippen LogP contribution in [0.2, 0.25) is 0 Å². The number of benzene rings is 2. The van der Waals surface area contributed by atoms with E-state index < -0.39 is 4.92 Å². The van der Waals surface area contributed by atoms with Crippen LogP contribution in [0, 0.1) is 15.9 Å². The van der Waals surface area contributed by atoms with E-state index in [1.807, 2.05) is 46.8 Å². The molecule has 0 N–H and O–H groups in total. The molecule has 0 saturated carbocycles. The quantitative estimate of drug-likeness (QED) is 0.318. The molecule has 9 heteroatoms. The molecular weight excluding hydrogens is 449 g/mol. The van der Waals surface area contributed by atoms with Crippen LogP contribution >= 0.6 is 0 Å². The van der Waals surface area contributed by atoms with Crippen molar-refractivity contribution in [2.24, 2.45) is 7.05 Å². The van der Waals surface area contributed by atoms with Gasteiger partial charge in [-0.1, -0.05) is 30.3 Å². The molecule has 0 aliphatic carbocycles. The number of nitro groups is 1. The summed E-state index contributed by atoms with van der Waals surface area (Å²) in [6, 6.07) is 17.3. The lowest BCUT2D eigenvalue weighted by Gasteiger charge is -2.23. The molecule has 0 atom stereocenters. The van der Waals surface area contributed by atoms with Crippen molar-refractivity contribution in [1.82, 2.24) is 14.5 Å². The molecule has 2 aromatic carbocycles. The van der Waals surface area contributed by atoms with Crippen LogP contribution < -0.4 is 4.90 Å². The highest BCUT2D eigenvalue weighted by atomic mass is 19.1. The van der Waals surface area contributed by atoms with E-state index in [0.717, 1.165) is 16.8 Å². The highest BCUT2D eigenvalue weighted by molar-refractivity contribution is 6.12. The minimum atomic E-state index is -0.475. The molecule has 5 rings (SSSR count). The number of hydrogen-bond acceptors (Lipinski definition) is 5. The van der Waals surface area contributed by atoms with Crippen molar-refractivity contribution in [3.63, 3.8) is 0 Å². The van der Waals surface area contributed by atoms with Gasteiger partial charge in [0, 0.05) is 50.2 Å². The normalized spacial score (nSPS) is 14.2. The number of carbonyl (C=O) groups is 1. The van der Waals surface area contributed by atoms with Crippen LogP contribution in [0.3, 0.4) is 0 Å². The Labute approximate surface area is 201 Å². The fraction of sp³-hybridized carbons (Fsp3) is 0.231. The average molecular weight is 474 g/mol. The first-order valence-electron chi connectivity index (χ1n) is 11.4. The smallest absolute Gasteiger partial charge is 0.287 e. The monoisotopic (exact) mass is 473 g/mol. The zero-order valence-electron chi connectivity index (χ0n) is 19.2. The van der Waals surface area contributed by atoms with Gasteiger partial charge in [0.05, 0.1) is 16.2 Å². The predicted octanol–water partition coefficient (Wildman–Crippen LogP) is 4.64. The van der Waals surface area contributed by atoms with Crippen molar-refractivity contribution < 1.29 is 14.1 Å². The first-order chi connectivity index (χ1) is 16.9. The van der Waals surface area contributed by atoms with Crippen LogP contribution in [0.25, 0.3) is 22.2 Å². The van der Waals surface area contributed by atoms with Gasteiger partial charge in [-0.3, -0.25) is 14.9 Å². The summed E-state index contributed by atoms with van der Waals surface area (Å²) in [6.45, 7) is 2.21. The van der Waals surface area contributed by atoms with Crippen LogP contribution in [0.1, 0.15) is 16.8 Å². The molecule has 0 spiro atoms. The number of rotatable bonds is 4. The standard InChI is InChI=1S/C26H24FN5O3/c1-29-22-10-8-19(27)16-21(22)24(25(29)18-6-3-2-4-7-18)26(33)31-13-5-12-30(14-15-31)23-11-9-20(17-28-23)32(34)35/h2-4,6-11,16-17H,5,12-15H2,1H3. The molecule has 1 amide bonds. The maximum Gasteiger partial charge on any atom is 0.287 e. The third-order valence-electron chi connectivity index (χ3n) is 6.47. The Balaban J connectivity index is 1.47. The second-order valence-corrected chi connectivity index (χ2v) is 8.57. The molecule has 2 aromatic heterocycles. The van der Waals surface area contributed by atoms with Crippen LogP contribution in [-0.4, -0.2) is 51.5 Å². The van der Waals surface area contributed by atoms with E-state index in [-0.39, 0.29) is 17.4 Å². The minimum Gasteiger partial charge on any atom is -0.355 e. The Morgan fingerprint density at radius 1 is 1.03 bits per heavy atom. The number of anilines is 1. The van der Waals surface area contributed by atoms with E-state index in [1.54, 1.807) is 17.0 Å². The molecule has 1 fully saturated rings. The van der Waals surface area contributed by atoms with E-state index in [2.05, 4.69) is 4.98 Å². The lowest BCUT2D eigenvalue weighted by Crippen LogP contribution is -2.35. The summed E-state index contributed by atoms with van der Waals surface area (Å²) < 4.78 is 16.2. The maximum atomic E-state index is 14.3. The summed E-state index contributed by atoms with van der Waals surface area (Å²) in [5, 5.41) is 11.5. The third kappa shape index (κ3) is 4.21. The molecule has 0 radical (unpaired) electrons. The number of amides is 1. The highest BCUT2D eigenvalue weighted by Gasteiger charge is 2.28. The van der Waals surface area contributed by atoms with E-state index in [9.17, 15) is 19.3 Å². The largest absolute Gasteiger partial charge is 0.355 e. The molecule has 3 heterocycles. The molecule has 1 aliphatic heterocycles. The van der Waals surface area contributed by atoms with Gasteiger partial charge in [0.1, 0.15) is 17.8 Å². The highest BCUT2D eigenvalue weighted by Crippen LogP contribution is 2.34. The summed E-state index contributed by atoms with van der Waals surface area (Å²) in [4.78, 5) is 32.4. The molecule has 0 unspecified atom stereocenters. The molecule has 8 nitrogen and oxygen atoms in total. The Kier molecular flexibility index (Phi) is 5.90. The van der Waals surface area contributed by atoms with Crippen molar-refractivity contribution in [3.8, 4) is 11.3 Å². The van der Waals surface area contributed by atoms with E-state index in [1.165, 1.54) is 24.4 Å². The topological polar surface area (TPSA) is 84.5 Å². The third-order valence-corrected chi connectivity index (χ3v) is 6.47. The average Bonchev–Trinajstić information content (AvgIpc) is 3.01. The Morgan fingerprint density at radius 2 is 1.83 bits per heavy atom. The number of halogens is 1. The fourth-order valence-corrected chi connectivity index (χ4v) is 4.75. The van der Waals surface area contributed by atoms with Crippen LogP contribution in [0.15, 0.2) is 66.9 Å². The van der Waals surface area contributed by atoms with Crippen molar-refractivity contribution in [2.45, 2.75) is 6.42 Å². The van der Waals surface area contributed by atoms with Crippen molar-refractivity contribution in [3.05, 3.63) is 88.4 Å². The number of aromatic nitrogens is 2. The number of fused-ring (bicyclic) bond motifs is 1. The Hall–Kier alpha value is -4.27. The maximum absolute atomic E-state index is 14.3. The first kappa shape index (κ1) is 22.5. The van der Waals surface area contributed by atoms with Gasteiger partial charge in [-0.05, 0) is 36.2 Å². The van der Waals surface area contributed by atoms with Gasteiger partial charge in [-0.25, -0.2) is 9.37 Å². The number of hydrogen-bond donors (Lipinski definition) is 0. The summed E-state index contributed by atoms with van der Waals surface area (Å²) in [6.07, 6.45) is 1.96. The van der Waals surface area contributed by atoms with Crippen molar-refractivity contribution in [2.75, 3.05) is 31.1 Å². The number of pyridine rings is 1. The summed E-state index contributed by atoms with van der Waals surface area (Å²) in [5.74, 6) is 0.115. The molecule has 178 valence electrons. The number of nitrogens with zero attached hydrogens (tertiary/aromatic N) is 5. The van der Waals surface area contributed by atoms with Gasteiger partial charge < -0.3 is 14.4 Å². The van der Waals surface area contributed by atoms with E-state index in [0.29, 0.717) is 49.4 Å². The first-order valence-corrected chi connectivity index (χ1v) is 11.4. The van der Waals surface area contributed by atoms with Gasteiger partial charge in [-0.2, -0.15) is 0 Å². The second-order valence-electron chi connectivity index (χ2n) is 8.57. The molecule has 35 heavy (non-hydrogen) atoms. The van der Waals surface area contributed by atoms with Gasteiger partial charge in [0.25, 0.3) is 11.6 Å². The zero-order chi connectivity index (χ0) is 24.5. The van der Waals surface area contributed by atoms with Gasteiger partial charge >= 0.3 is 0 Å². The minimum absolute atomic E-state index is 0.0583. The van der Waals surface area contributed by atoms with E-state index in [4.69, 9.17) is 0 Å². The van der Waals surface area contributed by atoms with Crippen LogP contribution in [-0.2, 0) is 7.05 Å². The van der Waals surface area contributed by atoms with Crippen LogP contribution in [0.4, 0.5) is 15.9 Å². The van der Waals surface area contributed by atoms with Crippen LogP contribution in [0.5, 0.6) is 0 Å². The van der Waals surface area contributed by atoms with Crippen molar-refractivity contribution in [1.29, 1.82) is 0 Å². The summed E-state index contributed by atoms with van der Waals surface area (Å²) in [5.41, 5.74) is 2.88. The Morgan fingerprint density at radius 3 is 2.54 bits per heavy atom. The molecule has 0 bridgehead atoms. The molecule has 4 aromatic rings. The molecular formula is C26H24FN5O3. The fourth-order valence-electron chi connectivity index (χ4n) is 4.75. The SMILES string of the molecule is Cn1c(-c2ccccc2)c(C(=O)N2CCCN(c3ccc([N+](=O)[O-])cn3)CC2)c2cc(F)ccc21. The number of carbonyl (C=O) groups excluding carboxylic acids is 1. The lowest BCUT2D eigenvalue weighted by molar-refractivity contribution is -0.385. The lowest BCUT2D eigenvalue weighted by atomic mass is 10.0. The van der Waals surface area contributed by atoms with Gasteiger partial charge in [-0.15, -0.1) is 0 Å². The molecule has 1 aliphatic rings. The predicted molar refractivity (Wildman–Crippen MR) is 132 cm³/mol.